The molecule has 2 aromatic carbocycles. The number of aryl methyl sites for hydroxylation is 1. The van der Waals surface area contributed by atoms with E-state index in [2.05, 4.69) is 15.7 Å². The number of carbonyl (C=O) groups is 2. The number of carbonyl (C=O) groups excluding carboxylic acids is 2. The van der Waals surface area contributed by atoms with Crippen LogP contribution in [0.2, 0.25) is 0 Å². The third kappa shape index (κ3) is 4.16. The summed E-state index contributed by atoms with van der Waals surface area (Å²) in [5.74, 6) is -0.451. The molecule has 1 aromatic heterocycles. The lowest BCUT2D eigenvalue weighted by atomic mass is 10.1. The number of hydrogen-bond acceptors (Lipinski definition) is 5. The smallest absolute Gasteiger partial charge is 0.262 e. The van der Waals surface area contributed by atoms with Crippen molar-refractivity contribution in [3.63, 3.8) is 0 Å². The van der Waals surface area contributed by atoms with Gasteiger partial charge in [-0.15, -0.1) is 5.10 Å². The molecule has 0 bridgehead atoms. The third-order valence-electron chi connectivity index (χ3n) is 3.89. The summed E-state index contributed by atoms with van der Waals surface area (Å²) in [6.07, 6.45) is 1.56. The molecule has 2 N–H and O–H groups in total. The molecular weight excluding hydrogens is 358 g/mol. The van der Waals surface area contributed by atoms with Gasteiger partial charge in [0, 0.05) is 30.2 Å². The first kappa shape index (κ1) is 18.7. The molecule has 28 heavy (non-hydrogen) atoms. The lowest BCUT2D eigenvalue weighted by Gasteiger charge is -2.08. The van der Waals surface area contributed by atoms with E-state index in [-0.39, 0.29) is 17.7 Å². The second kappa shape index (κ2) is 8.05. The predicted molar refractivity (Wildman–Crippen MR) is 103 cm³/mol. The van der Waals surface area contributed by atoms with Crippen molar-refractivity contribution >= 4 is 23.2 Å². The fourth-order valence-electron chi connectivity index (χ4n) is 2.55. The summed E-state index contributed by atoms with van der Waals surface area (Å²) in [6.45, 7) is 0. The van der Waals surface area contributed by atoms with Gasteiger partial charge in [0.2, 0.25) is 5.88 Å². The Bertz CT molecular complexity index is 1060. The number of nitriles is 1. The Morgan fingerprint density at radius 3 is 2.46 bits per heavy atom. The molecule has 1 heterocycles. The van der Waals surface area contributed by atoms with E-state index in [0.29, 0.717) is 28.1 Å². The van der Waals surface area contributed by atoms with Crippen molar-refractivity contribution < 1.29 is 14.3 Å². The molecule has 0 aliphatic carbocycles. The summed E-state index contributed by atoms with van der Waals surface area (Å²) in [4.78, 5) is 24.7. The number of rotatable bonds is 5. The number of methoxy groups -OCH3 is 1. The van der Waals surface area contributed by atoms with Gasteiger partial charge in [-0.05, 0) is 42.5 Å². The molecule has 0 aliphatic rings. The summed E-state index contributed by atoms with van der Waals surface area (Å²) >= 11 is 0. The van der Waals surface area contributed by atoms with Gasteiger partial charge in [0.05, 0.1) is 18.7 Å². The summed E-state index contributed by atoms with van der Waals surface area (Å²) < 4.78 is 6.57. The first-order chi connectivity index (χ1) is 13.5. The van der Waals surface area contributed by atoms with Crippen LogP contribution < -0.4 is 15.4 Å². The zero-order valence-corrected chi connectivity index (χ0v) is 15.3. The van der Waals surface area contributed by atoms with Crippen LogP contribution in [0.25, 0.3) is 0 Å². The number of hydrogen-bond donors (Lipinski definition) is 2. The zero-order chi connectivity index (χ0) is 20.1. The van der Waals surface area contributed by atoms with Gasteiger partial charge in [-0.25, -0.2) is 0 Å². The van der Waals surface area contributed by atoms with Crippen molar-refractivity contribution in [2.75, 3.05) is 17.7 Å². The number of benzene rings is 2. The lowest BCUT2D eigenvalue weighted by molar-refractivity contribution is 0.101. The fraction of sp³-hybridized carbons (Fsp3) is 0.100. The van der Waals surface area contributed by atoms with E-state index >= 15 is 0 Å². The molecule has 0 fully saturated rings. The van der Waals surface area contributed by atoms with Crippen LogP contribution >= 0.6 is 0 Å². The Kier molecular flexibility index (Phi) is 5.37. The number of amides is 2. The minimum atomic E-state index is -0.365. The Labute approximate surface area is 161 Å². The van der Waals surface area contributed by atoms with E-state index in [1.54, 1.807) is 61.8 Å². The Morgan fingerprint density at radius 1 is 1.07 bits per heavy atom. The van der Waals surface area contributed by atoms with Crippen LogP contribution in [0, 0.1) is 11.3 Å². The van der Waals surface area contributed by atoms with E-state index in [1.165, 1.54) is 11.8 Å². The number of aromatic nitrogens is 2. The maximum absolute atomic E-state index is 12.4. The monoisotopic (exact) mass is 375 g/mol. The topological polar surface area (TPSA) is 109 Å². The van der Waals surface area contributed by atoms with Gasteiger partial charge in [0.1, 0.15) is 5.56 Å². The molecule has 2 amide bonds. The van der Waals surface area contributed by atoms with E-state index < -0.39 is 0 Å². The summed E-state index contributed by atoms with van der Waals surface area (Å²) in [6, 6.07) is 15.1. The van der Waals surface area contributed by atoms with Crippen LogP contribution in [0.3, 0.4) is 0 Å². The fourth-order valence-corrected chi connectivity index (χ4v) is 2.55. The Balaban J connectivity index is 1.68. The first-order valence-electron chi connectivity index (χ1n) is 8.30. The van der Waals surface area contributed by atoms with Crippen molar-refractivity contribution in [3.05, 3.63) is 71.4 Å². The maximum atomic E-state index is 12.4. The van der Waals surface area contributed by atoms with Gasteiger partial charge in [-0.1, -0.05) is 6.07 Å². The molecular formula is C20H17N5O3. The summed E-state index contributed by atoms with van der Waals surface area (Å²) in [5, 5.41) is 18.4. The van der Waals surface area contributed by atoms with Crippen molar-refractivity contribution in [1.29, 1.82) is 5.26 Å². The normalized spacial score (nSPS) is 10.0. The largest absolute Gasteiger partial charge is 0.479 e. The van der Waals surface area contributed by atoms with Gasteiger partial charge in [0.25, 0.3) is 11.8 Å². The molecule has 8 nitrogen and oxygen atoms in total. The second-order valence-electron chi connectivity index (χ2n) is 5.90. The highest BCUT2D eigenvalue weighted by molar-refractivity contribution is 6.07. The average molecular weight is 375 g/mol. The molecule has 0 saturated carbocycles. The van der Waals surface area contributed by atoms with Crippen LogP contribution in [0.15, 0.2) is 54.7 Å². The van der Waals surface area contributed by atoms with E-state index in [9.17, 15) is 9.59 Å². The number of nitrogens with zero attached hydrogens (tertiary/aromatic N) is 3. The Hall–Kier alpha value is -4.12. The molecule has 8 heteroatoms. The minimum Gasteiger partial charge on any atom is -0.479 e. The highest BCUT2D eigenvalue weighted by Crippen LogP contribution is 2.18. The lowest BCUT2D eigenvalue weighted by Crippen LogP contribution is -2.14. The number of nitrogens with one attached hydrogen (secondary N) is 2. The highest BCUT2D eigenvalue weighted by atomic mass is 16.5. The van der Waals surface area contributed by atoms with Crippen LogP contribution in [0.1, 0.15) is 26.3 Å². The van der Waals surface area contributed by atoms with Crippen LogP contribution in [-0.2, 0) is 7.05 Å². The maximum Gasteiger partial charge on any atom is 0.262 e. The second-order valence-corrected chi connectivity index (χ2v) is 5.90. The molecule has 0 radical (unpaired) electrons. The van der Waals surface area contributed by atoms with Crippen LogP contribution in [0.5, 0.6) is 5.88 Å². The van der Waals surface area contributed by atoms with Gasteiger partial charge in [0.15, 0.2) is 0 Å². The minimum absolute atomic E-state index is 0.232. The average Bonchev–Trinajstić information content (AvgIpc) is 3.09. The van der Waals surface area contributed by atoms with Crippen LogP contribution in [0.4, 0.5) is 11.4 Å². The Morgan fingerprint density at radius 2 is 1.79 bits per heavy atom. The van der Waals surface area contributed by atoms with E-state index in [0.717, 1.165) is 0 Å². The van der Waals surface area contributed by atoms with E-state index in [4.69, 9.17) is 10.00 Å². The van der Waals surface area contributed by atoms with Gasteiger partial charge in [-0.3, -0.25) is 14.3 Å². The summed E-state index contributed by atoms with van der Waals surface area (Å²) in [5.41, 5.74) is 2.24. The molecule has 3 aromatic rings. The van der Waals surface area contributed by atoms with Crippen LogP contribution in [-0.4, -0.2) is 28.7 Å². The van der Waals surface area contributed by atoms with Gasteiger partial charge < -0.3 is 15.4 Å². The van der Waals surface area contributed by atoms with Crippen molar-refractivity contribution in [2.45, 2.75) is 0 Å². The standard InChI is InChI=1S/C20H17N5O3/c1-25-12-17(20(24-25)28-2)19(27)22-15-8-6-14(7-9-15)18(26)23-16-5-3-4-13(10-16)11-21/h3-10,12H,1-2H3,(H,22,27)(H,23,26). The zero-order valence-electron chi connectivity index (χ0n) is 15.3. The van der Waals surface area contributed by atoms with E-state index in [1.807, 2.05) is 6.07 Å². The predicted octanol–water partition coefficient (Wildman–Crippen LogP) is 2.80. The summed E-state index contributed by atoms with van der Waals surface area (Å²) in [7, 11) is 3.14. The third-order valence-corrected chi connectivity index (χ3v) is 3.89. The SMILES string of the molecule is COc1nn(C)cc1C(=O)Nc1ccc(C(=O)Nc2cccc(C#N)c2)cc1. The van der Waals surface area contributed by atoms with Crippen molar-refractivity contribution in [2.24, 2.45) is 7.05 Å². The van der Waals surface area contributed by atoms with Crippen molar-refractivity contribution in [1.82, 2.24) is 9.78 Å². The molecule has 0 unspecified atom stereocenters. The first-order valence-corrected chi connectivity index (χ1v) is 8.30. The molecule has 140 valence electrons. The van der Waals surface area contributed by atoms with Gasteiger partial charge >= 0.3 is 0 Å². The quantitative estimate of drug-likeness (QED) is 0.713. The number of ether oxygens (including phenoxy) is 1. The molecule has 0 atom stereocenters. The molecule has 0 spiro atoms. The van der Waals surface area contributed by atoms with Gasteiger partial charge in [-0.2, -0.15) is 5.26 Å². The molecule has 0 saturated heterocycles. The number of anilines is 2. The molecule has 0 aliphatic heterocycles. The highest BCUT2D eigenvalue weighted by Gasteiger charge is 2.16. The molecule has 3 rings (SSSR count). The van der Waals surface area contributed by atoms with Crippen molar-refractivity contribution in [3.8, 4) is 11.9 Å².